The van der Waals surface area contributed by atoms with Gasteiger partial charge in [0.25, 0.3) is 5.89 Å². The first-order valence-corrected chi connectivity index (χ1v) is 8.29. The third-order valence-electron chi connectivity index (χ3n) is 4.64. The summed E-state index contributed by atoms with van der Waals surface area (Å²) >= 11 is 0. The topological polar surface area (TPSA) is 88.2 Å². The van der Waals surface area contributed by atoms with Gasteiger partial charge in [-0.1, -0.05) is 11.2 Å². The van der Waals surface area contributed by atoms with Crippen LogP contribution < -0.4 is 4.90 Å². The molecule has 3 aromatic heterocycles. The fourth-order valence-electron chi connectivity index (χ4n) is 3.15. The van der Waals surface area contributed by atoms with Crippen molar-refractivity contribution in [2.75, 3.05) is 18.0 Å². The van der Waals surface area contributed by atoms with Gasteiger partial charge < -0.3 is 14.5 Å². The number of aryl methyl sites for hydroxylation is 1. The Balaban J connectivity index is 1.46. The van der Waals surface area contributed by atoms with E-state index < -0.39 is 5.60 Å². The summed E-state index contributed by atoms with van der Waals surface area (Å²) in [5.41, 5.74) is 0.865. The first-order chi connectivity index (χ1) is 12.1. The second kappa shape index (κ2) is 6.25. The second-order valence-corrected chi connectivity index (χ2v) is 6.31. The van der Waals surface area contributed by atoms with E-state index in [9.17, 15) is 5.11 Å². The summed E-state index contributed by atoms with van der Waals surface area (Å²) in [5, 5.41) is 14.7. The highest BCUT2D eigenvalue weighted by atomic mass is 16.5. The van der Waals surface area contributed by atoms with E-state index in [1.165, 1.54) is 0 Å². The predicted molar refractivity (Wildman–Crippen MR) is 91.8 cm³/mol. The van der Waals surface area contributed by atoms with Gasteiger partial charge in [-0.3, -0.25) is 4.98 Å². The lowest BCUT2D eigenvalue weighted by atomic mass is 9.85. The molecule has 1 N–H and O–H groups in total. The minimum atomic E-state index is -0.814. The Bertz CT molecular complexity index is 839. The molecule has 0 aromatic carbocycles. The molecular formula is C18H19N5O2. The van der Waals surface area contributed by atoms with Gasteiger partial charge in [0.05, 0.1) is 11.2 Å². The van der Waals surface area contributed by atoms with Gasteiger partial charge in [-0.25, -0.2) is 4.98 Å². The highest BCUT2D eigenvalue weighted by Crippen LogP contribution is 2.33. The van der Waals surface area contributed by atoms with Crippen molar-refractivity contribution in [2.45, 2.75) is 25.4 Å². The maximum Gasteiger partial charge on any atom is 0.259 e. The van der Waals surface area contributed by atoms with Crippen LogP contribution in [0.1, 0.15) is 24.2 Å². The molecule has 1 aliphatic heterocycles. The normalized spacial score (nSPS) is 16.8. The Morgan fingerprint density at radius 1 is 1.16 bits per heavy atom. The molecule has 7 heteroatoms. The summed E-state index contributed by atoms with van der Waals surface area (Å²) in [7, 11) is 0. The molecule has 1 aliphatic rings. The number of hydrogen-bond donors (Lipinski definition) is 1. The van der Waals surface area contributed by atoms with Gasteiger partial charge in [0, 0.05) is 37.2 Å². The van der Waals surface area contributed by atoms with Gasteiger partial charge in [0.1, 0.15) is 5.82 Å². The molecule has 0 amide bonds. The molecule has 0 unspecified atom stereocenters. The van der Waals surface area contributed by atoms with E-state index in [-0.39, 0.29) is 0 Å². The van der Waals surface area contributed by atoms with Crippen molar-refractivity contribution in [3.63, 3.8) is 0 Å². The number of anilines is 1. The molecule has 0 saturated carbocycles. The van der Waals surface area contributed by atoms with Crippen LogP contribution >= 0.6 is 0 Å². The molecule has 1 saturated heterocycles. The van der Waals surface area contributed by atoms with Crippen LogP contribution in [0.25, 0.3) is 11.5 Å². The molecule has 3 aromatic rings. The van der Waals surface area contributed by atoms with Crippen LogP contribution in [0.2, 0.25) is 0 Å². The Morgan fingerprint density at radius 2 is 2.00 bits per heavy atom. The zero-order valence-corrected chi connectivity index (χ0v) is 14.0. The van der Waals surface area contributed by atoms with Crippen molar-refractivity contribution in [2.24, 2.45) is 0 Å². The van der Waals surface area contributed by atoms with Crippen molar-refractivity contribution in [3.8, 4) is 11.5 Å². The third-order valence-corrected chi connectivity index (χ3v) is 4.64. The smallest absolute Gasteiger partial charge is 0.259 e. The lowest BCUT2D eigenvalue weighted by Crippen LogP contribution is -2.43. The molecule has 0 spiro atoms. The summed E-state index contributed by atoms with van der Waals surface area (Å²) in [6.07, 6.45) is 6.49. The molecule has 0 atom stereocenters. The maximum absolute atomic E-state index is 10.9. The molecule has 0 radical (unpaired) electrons. The van der Waals surface area contributed by atoms with E-state index in [2.05, 4.69) is 25.0 Å². The number of rotatable bonds is 3. The average Bonchev–Trinajstić information content (AvgIpc) is 3.10. The average molecular weight is 337 g/mol. The second-order valence-electron chi connectivity index (χ2n) is 6.31. The van der Waals surface area contributed by atoms with Crippen LogP contribution in [0.3, 0.4) is 0 Å². The van der Waals surface area contributed by atoms with Crippen molar-refractivity contribution in [1.82, 2.24) is 20.1 Å². The summed E-state index contributed by atoms with van der Waals surface area (Å²) in [6, 6.07) is 7.67. The van der Waals surface area contributed by atoms with Crippen molar-refractivity contribution in [3.05, 3.63) is 54.2 Å². The minimum absolute atomic E-state index is 0.473. The molecule has 25 heavy (non-hydrogen) atoms. The van der Waals surface area contributed by atoms with Gasteiger partial charge in [-0.2, -0.15) is 4.98 Å². The van der Waals surface area contributed by atoms with Crippen LogP contribution in [-0.2, 0) is 5.60 Å². The molecule has 0 aliphatic carbocycles. The third kappa shape index (κ3) is 3.10. The van der Waals surface area contributed by atoms with E-state index in [0.29, 0.717) is 24.6 Å². The van der Waals surface area contributed by atoms with Gasteiger partial charge in [0.15, 0.2) is 5.82 Å². The number of hydrogen-bond acceptors (Lipinski definition) is 7. The fourth-order valence-corrected chi connectivity index (χ4v) is 3.15. The highest BCUT2D eigenvalue weighted by Gasteiger charge is 2.34. The summed E-state index contributed by atoms with van der Waals surface area (Å²) < 4.78 is 5.16. The van der Waals surface area contributed by atoms with Crippen LogP contribution in [0.4, 0.5) is 5.82 Å². The molecule has 0 bridgehead atoms. The van der Waals surface area contributed by atoms with E-state index >= 15 is 0 Å². The van der Waals surface area contributed by atoms with Crippen LogP contribution in [0.15, 0.2) is 47.4 Å². The first kappa shape index (κ1) is 15.7. The molecule has 1 fully saturated rings. The van der Waals surface area contributed by atoms with Crippen molar-refractivity contribution < 1.29 is 9.63 Å². The Hall–Kier alpha value is -2.80. The Kier molecular flexibility index (Phi) is 3.93. The van der Waals surface area contributed by atoms with Crippen LogP contribution in [0.5, 0.6) is 0 Å². The predicted octanol–water partition coefficient (Wildman–Crippen LogP) is 2.32. The minimum Gasteiger partial charge on any atom is -0.385 e. The van der Waals surface area contributed by atoms with Gasteiger partial charge >= 0.3 is 0 Å². The Labute approximate surface area is 145 Å². The lowest BCUT2D eigenvalue weighted by molar-refractivity contribution is 0.0113. The van der Waals surface area contributed by atoms with Crippen molar-refractivity contribution >= 4 is 5.82 Å². The number of piperidine rings is 1. The summed E-state index contributed by atoms with van der Waals surface area (Å²) in [5.74, 6) is 1.96. The summed E-state index contributed by atoms with van der Waals surface area (Å²) in [4.78, 5) is 15.0. The monoisotopic (exact) mass is 337 g/mol. The van der Waals surface area contributed by atoms with E-state index in [0.717, 1.165) is 30.0 Å². The maximum atomic E-state index is 10.9. The zero-order valence-electron chi connectivity index (χ0n) is 14.0. The number of pyridine rings is 2. The SMILES string of the molecule is Cc1noc(-c2ccc(N3CCC(O)(c4cccnc4)CC3)nc2)n1. The Morgan fingerprint density at radius 3 is 2.60 bits per heavy atom. The molecule has 7 nitrogen and oxygen atoms in total. The quantitative estimate of drug-likeness (QED) is 0.784. The van der Waals surface area contributed by atoms with Gasteiger partial charge in [-0.05, 0) is 38.0 Å². The van der Waals surface area contributed by atoms with E-state index in [4.69, 9.17) is 4.52 Å². The molecule has 4 heterocycles. The summed E-state index contributed by atoms with van der Waals surface area (Å²) in [6.45, 7) is 3.25. The molecule has 128 valence electrons. The standard InChI is InChI=1S/C18H19N5O2/c1-13-21-17(25-22-13)14-4-5-16(20-11-14)23-9-6-18(24,7-10-23)15-3-2-8-19-12-15/h2-5,8,11-12,24H,6-7,9-10H2,1H3. The van der Waals surface area contributed by atoms with Gasteiger partial charge in [-0.15, -0.1) is 0 Å². The zero-order chi connectivity index (χ0) is 17.3. The number of aliphatic hydroxyl groups is 1. The van der Waals surface area contributed by atoms with Gasteiger partial charge in [0.2, 0.25) is 0 Å². The van der Waals surface area contributed by atoms with Crippen LogP contribution in [-0.4, -0.2) is 38.3 Å². The first-order valence-electron chi connectivity index (χ1n) is 8.29. The molecular weight excluding hydrogens is 318 g/mol. The van der Waals surface area contributed by atoms with Crippen molar-refractivity contribution in [1.29, 1.82) is 0 Å². The number of aromatic nitrogens is 4. The number of nitrogens with zero attached hydrogens (tertiary/aromatic N) is 5. The van der Waals surface area contributed by atoms with E-state index in [1.807, 2.05) is 24.3 Å². The van der Waals surface area contributed by atoms with E-state index in [1.54, 1.807) is 25.5 Å². The fraction of sp³-hybridized carbons (Fsp3) is 0.333. The van der Waals surface area contributed by atoms with Crippen LogP contribution in [0, 0.1) is 6.92 Å². The molecule has 4 rings (SSSR count). The highest BCUT2D eigenvalue weighted by molar-refractivity contribution is 5.54. The lowest BCUT2D eigenvalue weighted by Gasteiger charge is -2.38. The largest absolute Gasteiger partial charge is 0.385 e.